The monoisotopic (exact) mass is 208 g/mol. The lowest BCUT2D eigenvalue weighted by molar-refractivity contribution is -0.0599. The fourth-order valence-corrected chi connectivity index (χ4v) is 1.90. The highest BCUT2D eigenvalue weighted by Gasteiger charge is 2.23. The van der Waals surface area contributed by atoms with Crippen molar-refractivity contribution in [3.05, 3.63) is 29.8 Å². The molecule has 1 saturated heterocycles. The van der Waals surface area contributed by atoms with Crippen LogP contribution in [0.15, 0.2) is 24.3 Å². The van der Waals surface area contributed by atoms with Crippen LogP contribution in [0.25, 0.3) is 0 Å². The molecule has 1 aliphatic heterocycles. The largest absolute Gasteiger partial charge is 0.508 e. The van der Waals surface area contributed by atoms with Gasteiger partial charge in [0.05, 0.1) is 12.2 Å². The maximum Gasteiger partial charge on any atom is 0.115 e. The molecule has 0 saturated carbocycles. The van der Waals surface area contributed by atoms with Gasteiger partial charge in [0, 0.05) is 20.1 Å². The average molecular weight is 208 g/mol. The number of rotatable bonds is 2. The van der Waals surface area contributed by atoms with Gasteiger partial charge >= 0.3 is 0 Å². The molecule has 1 aromatic carbocycles. The quantitative estimate of drug-likeness (QED) is 0.810. The fraction of sp³-hybridized carbons (Fsp3) is 0.500. The van der Waals surface area contributed by atoms with Gasteiger partial charge < -0.3 is 14.6 Å². The summed E-state index contributed by atoms with van der Waals surface area (Å²) in [6.07, 6.45) is 2.24. The number of phenols is 1. The Labute approximate surface area is 89.6 Å². The second kappa shape index (κ2) is 4.64. The van der Waals surface area contributed by atoms with Crippen LogP contribution in [0.3, 0.4) is 0 Å². The van der Waals surface area contributed by atoms with Gasteiger partial charge in [-0.1, -0.05) is 12.1 Å². The lowest BCUT2D eigenvalue weighted by atomic mass is 9.99. The van der Waals surface area contributed by atoms with Crippen LogP contribution in [0.4, 0.5) is 0 Å². The summed E-state index contributed by atoms with van der Waals surface area (Å²) in [6, 6.07) is 7.18. The first-order valence-corrected chi connectivity index (χ1v) is 5.23. The molecule has 0 aromatic heterocycles. The van der Waals surface area contributed by atoms with E-state index in [4.69, 9.17) is 9.47 Å². The molecule has 1 N–H and O–H groups in total. The molecule has 0 radical (unpaired) electrons. The topological polar surface area (TPSA) is 38.7 Å². The Balaban J connectivity index is 2.06. The number of ether oxygens (including phenoxy) is 2. The molecule has 2 atom stereocenters. The summed E-state index contributed by atoms with van der Waals surface area (Å²) in [4.78, 5) is 0. The van der Waals surface area contributed by atoms with Crippen molar-refractivity contribution >= 4 is 0 Å². The first-order valence-electron chi connectivity index (χ1n) is 5.23. The molecule has 1 heterocycles. The van der Waals surface area contributed by atoms with E-state index in [0.717, 1.165) is 25.0 Å². The number of hydrogen-bond acceptors (Lipinski definition) is 3. The van der Waals surface area contributed by atoms with E-state index in [1.807, 2.05) is 12.1 Å². The SMILES string of the molecule is COC1CCOC(c2ccc(O)cc2)C1. The molecule has 0 spiro atoms. The first kappa shape index (κ1) is 10.5. The van der Waals surface area contributed by atoms with Gasteiger partial charge in [0.15, 0.2) is 0 Å². The molecule has 2 unspecified atom stereocenters. The average Bonchev–Trinajstić information content (AvgIpc) is 2.30. The van der Waals surface area contributed by atoms with Crippen molar-refractivity contribution in [3.63, 3.8) is 0 Å². The zero-order chi connectivity index (χ0) is 10.7. The highest BCUT2D eigenvalue weighted by atomic mass is 16.5. The van der Waals surface area contributed by atoms with Crippen LogP contribution in [0.5, 0.6) is 5.75 Å². The van der Waals surface area contributed by atoms with Crippen LogP contribution in [0.2, 0.25) is 0 Å². The highest BCUT2D eigenvalue weighted by molar-refractivity contribution is 5.27. The van der Waals surface area contributed by atoms with E-state index in [9.17, 15) is 5.11 Å². The van der Waals surface area contributed by atoms with Crippen LogP contribution in [0, 0.1) is 0 Å². The van der Waals surface area contributed by atoms with Gasteiger partial charge in [0.25, 0.3) is 0 Å². The maximum atomic E-state index is 9.19. The maximum absolute atomic E-state index is 9.19. The minimum atomic E-state index is 0.101. The van der Waals surface area contributed by atoms with Crippen LogP contribution in [0.1, 0.15) is 24.5 Å². The molecule has 1 aliphatic rings. The van der Waals surface area contributed by atoms with Crippen LogP contribution >= 0.6 is 0 Å². The van der Waals surface area contributed by atoms with Gasteiger partial charge in [0.1, 0.15) is 5.75 Å². The summed E-state index contributed by atoms with van der Waals surface area (Å²) in [5, 5.41) is 9.19. The van der Waals surface area contributed by atoms with E-state index < -0.39 is 0 Å². The predicted octanol–water partition coefficient (Wildman–Crippen LogP) is 2.26. The first-order chi connectivity index (χ1) is 7.29. The highest BCUT2D eigenvalue weighted by Crippen LogP contribution is 2.29. The van der Waals surface area contributed by atoms with Gasteiger partial charge in [-0.15, -0.1) is 0 Å². The van der Waals surface area contributed by atoms with Gasteiger partial charge in [-0.25, -0.2) is 0 Å². The third-order valence-corrected chi connectivity index (χ3v) is 2.83. The Morgan fingerprint density at radius 2 is 2.07 bits per heavy atom. The van der Waals surface area contributed by atoms with Crippen molar-refractivity contribution in [3.8, 4) is 5.75 Å². The lowest BCUT2D eigenvalue weighted by Crippen LogP contribution is -2.25. The molecule has 3 heteroatoms. The number of phenolic OH excluding ortho intramolecular Hbond substituents is 1. The normalized spacial score (nSPS) is 26.5. The molecule has 0 bridgehead atoms. The predicted molar refractivity (Wildman–Crippen MR) is 56.8 cm³/mol. The van der Waals surface area contributed by atoms with E-state index in [-0.39, 0.29) is 18.0 Å². The van der Waals surface area contributed by atoms with Gasteiger partial charge in [0.2, 0.25) is 0 Å². The Hall–Kier alpha value is -1.06. The third-order valence-electron chi connectivity index (χ3n) is 2.83. The molecule has 3 nitrogen and oxygen atoms in total. The molecule has 15 heavy (non-hydrogen) atoms. The van der Waals surface area contributed by atoms with Crippen LogP contribution in [-0.2, 0) is 9.47 Å². The van der Waals surface area contributed by atoms with Gasteiger partial charge in [-0.2, -0.15) is 0 Å². The zero-order valence-electron chi connectivity index (χ0n) is 8.85. The fourth-order valence-electron chi connectivity index (χ4n) is 1.90. The number of methoxy groups -OCH3 is 1. The Morgan fingerprint density at radius 1 is 1.33 bits per heavy atom. The van der Waals surface area contributed by atoms with Crippen molar-refractivity contribution in [2.75, 3.05) is 13.7 Å². The van der Waals surface area contributed by atoms with Gasteiger partial charge in [-0.3, -0.25) is 0 Å². The molecule has 82 valence electrons. The summed E-state index contributed by atoms with van der Waals surface area (Å²) in [6.45, 7) is 0.740. The zero-order valence-corrected chi connectivity index (χ0v) is 8.85. The Kier molecular flexibility index (Phi) is 3.23. The summed E-state index contributed by atoms with van der Waals surface area (Å²) in [5.74, 6) is 0.290. The summed E-state index contributed by atoms with van der Waals surface area (Å²) in [5.41, 5.74) is 1.11. The van der Waals surface area contributed by atoms with Crippen molar-refractivity contribution in [2.45, 2.75) is 25.0 Å². The smallest absolute Gasteiger partial charge is 0.115 e. The molecular formula is C12H16O3. The van der Waals surface area contributed by atoms with E-state index in [1.165, 1.54) is 0 Å². The number of aromatic hydroxyl groups is 1. The summed E-state index contributed by atoms with van der Waals surface area (Å²) >= 11 is 0. The van der Waals surface area contributed by atoms with Crippen molar-refractivity contribution in [2.24, 2.45) is 0 Å². The van der Waals surface area contributed by atoms with E-state index in [0.29, 0.717) is 0 Å². The van der Waals surface area contributed by atoms with E-state index >= 15 is 0 Å². The van der Waals surface area contributed by atoms with Gasteiger partial charge in [-0.05, 0) is 24.1 Å². The third kappa shape index (κ3) is 2.49. The van der Waals surface area contributed by atoms with E-state index in [1.54, 1.807) is 19.2 Å². The lowest BCUT2D eigenvalue weighted by Gasteiger charge is -2.28. The standard InChI is InChI=1S/C12H16O3/c1-14-11-6-7-15-12(8-11)9-2-4-10(13)5-3-9/h2-5,11-13H,6-8H2,1H3. The second-order valence-corrected chi connectivity index (χ2v) is 3.83. The van der Waals surface area contributed by atoms with Crippen molar-refractivity contribution < 1.29 is 14.6 Å². The second-order valence-electron chi connectivity index (χ2n) is 3.83. The summed E-state index contributed by atoms with van der Waals surface area (Å²) < 4.78 is 11.0. The Bertz CT molecular complexity index is 307. The minimum Gasteiger partial charge on any atom is -0.508 e. The number of hydrogen-bond donors (Lipinski definition) is 1. The van der Waals surface area contributed by atoms with Crippen LogP contribution < -0.4 is 0 Å². The molecule has 0 amide bonds. The van der Waals surface area contributed by atoms with E-state index in [2.05, 4.69) is 0 Å². The van der Waals surface area contributed by atoms with Crippen LogP contribution in [-0.4, -0.2) is 24.9 Å². The number of benzene rings is 1. The molecule has 2 rings (SSSR count). The summed E-state index contributed by atoms with van der Waals surface area (Å²) in [7, 11) is 1.74. The molecule has 1 aromatic rings. The van der Waals surface area contributed by atoms with Crippen molar-refractivity contribution in [1.82, 2.24) is 0 Å². The molecular weight excluding hydrogens is 192 g/mol. The minimum absolute atomic E-state index is 0.101. The molecule has 1 fully saturated rings. The molecule has 0 aliphatic carbocycles. The van der Waals surface area contributed by atoms with Crippen molar-refractivity contribution in [1.29, 1.82) is 0 Å². The Morgan fingerprint density at radius 3 is 2.73 bits per heavy atom.